The van der Waals surface area contributed by atoms with E-state index >= 15 is 0 Å². The van der Waals surface area contributed by atoms with E-state index in [1.54, 1.807) is 0 Å². The van der Waals surface area contributed by atoms with Crippen molar-refractivity contribution in [2.45, 2.75) is 52.6 Å². The van der Waals surface area contributed by atoms with Crippen molar-refractivity contribution in [3.63, 3.8) is 0 Å². The summed E-state index contributed by atoms with van der Waals surface area (Å²) in [6.07, 6.45) is 0. The minimum Gasteiger partial charge on any atom is -0.363 e. The first-order chi connectivity index (χ1) is 8.23. The molecule has 0 radical (unpaired) electrons. The third-order valence-corrected chi connectivity index (χ3v) is 4.15. The highest BCUT2D eigenvalue weighted by molar-refractivity contribution is 5.58. The van der Waals surface area contributed by atoms with Crippen molar-refractivity contribution < 1.29 is 0 Å². The number of hydrogen-bond acceptors (Lipinski definition) is 2. The van der Waals surface area contributed by atoms with E-state index in [1.807, 2.05) is 0 Å². The highest BCUT2D eigenvalue weighted by Crippen LogP contribution is 2.32. The fraction of sp³-hybridized carbons (Fsp3) is 0.625. The minimum atomic E-state index is 0.161. The van der Waals surface area contributed by atoms with Crippen LogP contribution in [0.5, 0.6) is 0 Å². The minimum absolute atomic E-state index is 0.161. The number of benzene rings is 1. The first-order valence-corrected chi connectivity index (χ1v) is 6.82. The predicted molar refractivity (Wildman–Crippen MR) is 79.4 cm³/mol. The zero-order valence-electron chi connectivity index (χ0n) is 12.6. The summed E-state index contributed by atoms with van der Waals surface area (Å²) >= 11 is 0. The molecule has 0 aliphatic carbocycles. The molecule has 0 atom stereocenters. The molecule has 1 saturated heterocycles. The molecule has 1 aliphatic rings. The number of hydrogen-bond donors (Lipinski definition) is 1. The van der Waals surface area contributed by atoms with Gasteiger partial charge in [0, 0.05) is 29.9 Å². The Morgan fingerprint density at radius 3 is 2.44 bits per heavy atom. The average molecular weight is 246 g/mol. The maximum absolute atomic E-state index is 3.64. The molecular weight excluding hydrogens is 220 g/mol. The molecule has 1 aromatic rings. The largest absolute Gasteiger partial charge is 0.363 e. The molecule has 1 aromatic carbocycles. The monoisotopic (exact) mass is 246 g/mol. The highest BCUT2D eigenvalue weighted by Gasteiger charge is 2.38. The summed E-state index contributed by atoms with van der Waals surface area (Å²) in [5, 5.41) is 3.64. The van der Waals surface area contributed by atoms with E-state index in [4.69, 9.17) is 0 Å². The molecule has 1 heterocycles. The average Bonchev–Trinajstić information content (AvgIpc) is 2.27. The summed E-state index contributed by atoms with van der Waals surface area (Å²) in [4.78, 5) is 2.56. The molecule has 0 amide bonds. The van der Waals surface area contributed by atoms with E-state index in [0.29, 0.717) is 0 Å². The van der Waals surface area contributed by atoms with Crippen molar-refractivity contribution in [1.82, 2.24) is 5.32 Å². The van der Waals surface area contributed by atoms with Crippen molar-refractivity contribution >= 4 is 5.69 Å². The maximum Gasteiger partial charge on any atom is 0.0471 e. The quantitative estimate of drug-likeness (QED) is 0.818. The van der Waals surface area contributed by atoms with Gasteiger partial charge in [-0.3, -0.25) is 0 Å². The van der Waals surface area contributed by atoms with Crippen LogP contribution in [0, 0.1) is 13.8 Å². The summed E-state index contributed by atoms with van der Waals surface area (Å²) < 4.78 is 0. The van der Waals surface area contributed by atoms with Gasteiger partial charge in [0.05, 0.1) is 0 Å². The molecule has 2 nitrogen and oxygen atoms in total. The Balaban J connectivity index is 2.43. The second-order valence-electron chi connectivity index (χ2n) is 6.86. The van der Waals surface area contributed by atoms with Gasteiger partial charge in [-0.2, -0.15) is 0 Å². The number of nitrogens with one attached hydrogen (secondary N) is 1. The number of anilines is 1. The molecule has 18 heavy (non-hydrogen) atoms. The molecule has 1 N–H and O–H groups in total. The van der Waals surface area contributed by atoms with Gasteiger partial charge in [-0.15, -0.1) is 0 Å². The van der Waals surface area contributed by atoms with Gasteiger partial charge in [-0.05, 0) is 58.7 Å². The van der Waals surface area contributed by atoms with Crippen LogP contribution in [0.4, 0.5) is 5.69 Å². The van der Waals surface area contributed by atoms with Crippen molar-refractivity contribution in [1.29, 1.82) is 0 Å². The number of rotatable bonds is 1. The Morgan fingerprint density at radius 1 is 1.11 bits per heavy atom. The second-order valence-corrected chi connectivity index (χ2v) is 6.86. The van der Waals surface area contributed by atoms with E-state index in [9.17, 15) is 0 Å². The van der Waals surface area contributed by atoms with Gasteiger partial charge in [-0.25, -0.2) is 0 Å². The van der Waals surface area contributed by atoms with Gasteiger partial charge in [0.15, 0.2) is 0 Å². The summed E-state index contributed by atoms with van der Waals surface area (Å²) in [6, 6.07) is 6.62. The third kappa shape index (κ3) is 2.39. The van der Waals surface area contributed by atoms with Crippen LogP contribution in [0.25, 0.3) is 0 Å². The smallest absolute Gasteiger partial charge is 0.0471 e. The second kappa shape index (κ2) is 4.27. The fourth-order valence-electron chi connectivity index (χ4n) is 2.66. The lowest BCUT2D eigenvalue weighted by molar-refractivity contribution is 0.260. The van der Waals surface area contributed by atoms with Crippen molar-refractivity contribution in [3.05, 3.63) is 29.3 Å². The van der Waals surface area contributed by atoms with Crippen molar-refractivity contribution in [3.8, 4) is 0 Å². The molecule has 1 aliphatic heterocycles. The Bertz CT molecular complexity index is 446. The first-order valence-electron chi connectivity index (χ1n) is 6.82. The molecule has 0 spiro atoms. The van der Waals surface area contributed by atoms with Crippen LogP contribution in [0.3, 0.4) is 0 Å². The molecule has 100 valence electrons. The lowest BCUT2D eigenvalue weighted by atomic mass is 9.90. The number of nitrogens with zero attached hydrogens (tertiary/aromatic N) is 1. The summed E-state index contributed by atoms with van der Waals surface area (Å²) in [5.74, 6) is 0. The highest BCUT2D eigenvalue weighted by atomic mass is 15.3. The van der Waals surface area contributed by atoms with E-state index in [2.05, 4.69) is 70.0 Å². The van der Waals surface area contributed by atoms with Crippen LogP contribution in [-0.4, -0.2) is 24.2 Å². The van der Waals surface area contributed by atoms with Crippen molar-refractivity contribution in [2.24, 2.45) is 0 Å². The Hall–Kier alpha value is -1.02. The molecule has 0 aromatic heterocycles. The lowest BCUT2D eigenvalue weighted by Gasteiger charge is -2.51. The van der Waals surface area contributed by atoms with Crippen LogP contribution in [0.2, 0.25) is 0 Å². The normalized spacial score (nSPS) is 22.0. The van der Waals surface area contributed by atoms with Gasteiger partial charge in [0.1, 0.15) is 0 Å². The Morgan fingerprint density at radius 2 is 1.78 bits per heavy atom. The molecular formula is C16H26N2. The molecule has 2 heteroatoms. The zero-order valence-corrected chi connectivity index (χ0v) is 12.6. The Labute approximate surface area is 111 Å². The topological polar surface area (TPSA) is 15.3 Å². The summed E-state index contributed by atoms with van der Waals surface area (Å²) in [5.41, 5.74) is 4.50. The third-order valence-electron chi connectivity index (χ3n) is 4.15. The summed E-state index contributed by atoms with van der Waals surface area (Å²) in [7, 11) is 0. The first kappa shape index (κ1) is 13.4. The Kier molecular flexibility index (Phi) is 3.18. The number of piperazine rings is 1. The standard InChI is InChI=1S/C16H26N2/c1-12-8-7-9-14(13(12)2)18-11-15(3,4)17-10-16(18,5)6/h7-9,17H,10-11H2,1-6H3. The van der Waals surface area contributed by atoms with Crippen LogP contribution in [0.15, 0.2) is 18.2 Å². The van der Waals surface area contributed by atoms with Crippen LogP contribution in [0.1, 0.15) is 38.8 Å². The van der Waals surface area contributed by atoms with Gasteiger partial charge >= 0.3 is 0 Å². The maximum atomic E-state index is 3.64. The van der Waals surface area contributed by atoms with Crippen LogP contribution < -0.4 is 10.2 Å². The lowest BCUT2D eigenvalue weighted by Crippen LogP contribution is -2.66. The predicted octanol–water partition coefficient (Wildman–Crippen LogP) is 3.27. The van der Waals surface area contributed by atoms with Crippen molar-refractivity contribution in [2.75, 3.05) is 18.0 Å². The molecule has 1 fully saturated rings. The van der Waals surface area contributed by atoms with E-state index in [0.717, 1.165) is 13.1 Å². The van der Waals surface area contributed by atoms with Crippen LogP contribution in [-0.2, 0) is 0 Å². The van der Waals surface area contributed by atoms with Crippen LogP contribution >= 0.6 is 0 Å². The van der Waals surface area contributed by atoms with E-state index in [1.165, 1.54) is 16.8 Å². The number of aryl methyl sites for hydroxylation is 1. The molecule has 0 bridgehead atoms. The molecule has 0 unspecified atom stereocenters. The van der Waals surface area contributed by atoms with Gasteiger partial charge < -0.3 is 10.2 Å². The molecule has 0 saturated carbocycles. The van der Waals surface area contributed by atoms with Gasteiger partial charge in [-0.1, -0.05) is 12.1 Å². The SMILES string of the molecule is Cc1cccc(N2CC(C)(C)NCC2(C)C)c1C. The fourth-order valence-corrected chi connectivity index (χ4v) is 2.66. The van der Waals surface area contributed by atoms with E-state index in [-0.39, 0.29) is 11.1 Å². The summed E-state index contributed by atoms with van der Waals surface area (Å²) in [6.45, 7) is 15.7. The zero-order chi connectivity index (χ0) is 13.6. The van der Waals surface area contributed by atoms with Gasteiger partial charge in [0.2, 0.25) is 0 Å². The molecule has 2 rings (SSSR count). The van der Waals surface area contributed by atoms with E-state index < -0.39 is 0 Å². The van der Waals surface area contributed by atoms with Gasteiger partial charge in [0.25, 0.3) is 0 Å².